The summed E-state index contributed by atoms with van der Waals surface area (Å²) in [5.74, 6) is 0.362. The standard InChI is InChI=1S/C28H23FO4S/c1-19-7-13-26(14-8-19)34(30,31)32-18-25-16-23-15-22(20-5-3-2-4-6-20)17-27(28(23)33-25)21-9-11-24(29)12-10-21/h2-15,17,25H,16,18H2,1H3. The monoisotopic (exact) mass is 474 g/mol. The molecule has 0 bridgehead atoms. The van der Waals surface area contributed by atoms with Gasteiger partial charge in [0.25, 0.3) is 10.1 Å². The SMILES string of the molecule is Cc1ccc(S(=O)(=O)OCC2Cc3cc(-c4ccccc4)cc(-c4ccc(F)cc4)c3O2)cc1. The number of ether oxygens (including phenoxy) is 1. The van der Waals surface area contributed by atoms with Crippen LogP contribution in [0.5, 0.6) is 5.75 Å². The summed E-state index contributed by atoms with van der Waals surface area (Å²) in [4.78, 5) is 0.118. The van der Waals surface area contributed by atoms with Gasteiger partial charge in [-0.25, -0.2) is 4.39 Å². The minimum absolute atomic E-state index is 0.103. The second-order valence-electron chi connectivity index (χ2n) is 8.38. The molecule has 0 amide bonds. The highest BCUT2D eigenvalue weighted by atomic mass is 32.2. The molecule has 1 atom stereocenters. The number of hydrogen-bond acceptors (Lipinski definition) is 4. The molecular formula is C28H23FO4S. The summed E-state index contributed by atoms with van der Waals surface area (Å²) < 4.78 is 50.3. The first-order chi connectivity index (χ1) is 16.4. The highest BCUT2D eigenvalue weighted by Gasteiger charge is 2.29. The van der Waals surface area contributed by atoms with Gasteiger partial charge in [-0.2, -0.15) is 8.42 Å². The van der Waals surface area contributed by atoms with Crippen molar-refractivity contribution in [1.82, 2.24) is 0 Å². The minimum atomic E-state index is -3.89. The molecule has 1 aliphatic heterocycles. The average Bonchev–Trinajstić information content (AvgIpc) is 3.27. The van der Waals surface area contributed by atoms with Crippen molar-refractivity contribution in [2.45, 2.75) is 24.3 Å². The van der Waals surface area contributed by atoms with Gasteiger partial charge >= 0.3 is 0 Å². The molecular weight excluding hydrogens is 451 g/mol. The van der Waals surface area contributed by atoms with Crippen LogP contribution in [0.1, 0.15) is 11.1 Å². The van der Waals surface area contributed by atoms with Crippen molar-refractivity contribution in [3.8, 4) is 28.0 Å². The molecule has 0 saturated heterocycles. The van der Waals surface area contributed by atoms with E-state index in [1.54, 1.807) is 24.3 Å². The number of rotatable bonds is 6. The Morgan fingerprint density at radius 2 is 1.59 bits per heavy atom. The molecule has 4 nitrogen and oxygen atoms in total. The minimum Gasteiger partial charge on any atom is -0.487 e. The van der Waals surface area contributed by atoms with Gasteiger partial charge in [-0.15, -0.1) is 0 Å². The zero-order chi connectivity index (χ0) is 23.7. The van der Waals surface area contributed by atoms with E-state index in [0.29, 0.717) is 12.2 Å². The van der Waals surface area contributed by atoms with Crippen LogP contribution in [0.25, 0.3) is 22.3 Å². The van der Waals surface area contributed by atoms with Gasteiger partial charge in [0, 0.05) is 12.0 Å². The first-order valence-corrected chi connectivity index (χ1v) is 12.4. The van der Waals surface area contributed by atoms with Crippen molar-refractivity contribution < 1.29 is 21.7 Å². The molecule has 0 fully saturated rings. The fraction of sp³-hybridized carbons (Fsp3) is 0.143. The quantitative estimate of drug-likeness (QED) is 0.313. The lowest BCUT2D eigenvalue weighted by atomic mass is 9.94. The van der Waals surface area contributed by atoms with Crippen LogP contribution in [0.2, 0.25) is 0 Å². The van der Waals surface area contributed by atoms with Gasteiger partial charge in [-0.05, 0) is 65.6 Å². The van der Waals surface area contributed by atoms with Crippen LogP contribution in [0, 0.1) is 12.7 Å². The maximum Gasteiger partial charge on any atom is 0.297 e. The fourth-order valence-electron chi connectivity index (χ4n) is 4.11. The van der Waals surface area contributed by atoms with Gasteiger partial charge in [0.2, 0.25) is 0 Å². The number of hydrogen-bond donors (Lipinski definition) is 0. The molecule has 1 aliphatic rings. The van der Waals surface area contributed by atoms with Crippen LogP contribution in [0.4, 0.5) is 4.39 Å². The van der Waals surface area contributed by atoms with Gasteiger partial charge in [0.15, 0.2) is 0 Å². The predicted molar refractivity (Wildman–Crippen MR) is 130 cm³/mol. The summed E-state index contributed by atoms with van der Waals surface area (Å²) in [6, 6.07) is 26.9. The van der Waals surface area contributed by atoms with Crippen LogP contribution >= 0.6 is 0 Å². The number of fused-ring (bicyclic) bond motifs is 1. The molecule has 4 aromatic carbocycles. The molecule has 0 radical (unpaired) electrons. The lowest BCUT2D eigenvalue weighted by molar-refractivity contribution is 0.152. The molecule has 0 aromatic heterocycles. The molecule has 172 valence electrons. The van der Waals surface area contributed by atoms with E-state index >= 15 is 0 Å². The van der Waals surface area contributed by atoms with Crippen molar-refractivity contribution in [2.24, 2.45) is 0 Å². The topological polar surface area (TPSA) is 52.6 Å². The van der Waals surface area contributed by atoms with E-state index in [-0.39, 0.29) is 17.3 Å². The molecule has 0 saturated carbocycles. The van der Waals surface area contributed by atoms with Crippen LogP contribution in [-0.4, -0.2) is 21.1 Å². The van der Waals surface area contributed by atoms with Crippen LogP contribution in [0.3, 0.4) is 0 Å². The molecule has 4 aromatic rings. The molecule has 1 unspecified atom stereocenters. The maximum absolute atomic E-state index is 13.6. The molecule has 0 N–H and O–H groups in total. The predicted octanol–water partition coefficient (Wildman–Crippen LogP) is 6.18. The second kappa shape index (κ2) is 9.05. The zero-order valence-corrected chi connectivity index (χ0v) is 19.4. The third-order valence-electron chi connectivity index (χ3n) is 5.88. The Morgan fingerprint density at radius 1 is 0.882 bits per heavy atom. The number of halogens is 1. The third-order valence-corrected chi connectivity index (χ3v) is 7.17. The summed E-state index contributed by atoms with van der Waals surface area (Å²) in [5, 5.41) is 0. The molecule has 5 rings (SSSR count). The first kappa shape index (κ1) is 22.3. The molecule has 0 aliphatic carbocycles. The van der Waals surface area contributed by atoms with Crippen LogP contribution in [-0.2, 0) is 20.7 Å². The Bertz CT molecular complexity index is 1410. The van der Waals surface area contributed by atoms with E-state index in [0.717, 1.165) is 33.4 Å². The van der Waals surface area contributed by atoms with E-state index < -0.39 is 16.2 Å². The lowest BCUT2D eigenvalue weighted by Gasteiger charge is -2.14. The Labute approximate surface area is 198 Å². The highest BCUT2D eigenvalue weighted by molar-refractivity contribution is 7.86. The molecule has 6 heteroatoms. The van der Waals surface area contributed by atoms with Crippen molar-refractivity contribution in [3.63, 3.8) is 0 Å². The van der Waals surface area contributed by atoms with E-state index in [9.17, 15) is 12.8 Å². The summed E-state index contributed by atoms with van der Waals surface area (Å²) >= 11 is 0. The van der Waals surface area contributed by atoms with Crippen molar-refractivity contribution in [1.29, 1.82) is 0 Å². The largest absolute Gasteiger partial charge is 0.487 e. The van der Waals surface area contributed by atoms with Crippen molar-refractivity contribution in [3.05, 3.63) is 108 Å². The zero-order valence-electron chi connectivity index (χ0n) is 18.6. The van der Waals surface area contributed by atoms with Gasteiger partial charge in [-0.3, -0.25) is 4.18 Å². The smallest absolute Gasteiger partial charge is 0.297 e. The fourth-order valence-corrected chi connectivity index (χ4v) is 5.04. The maximum atomic E-state index is 13.6. The Morgan fingerprint density at radius 3 is 2.29 bits per heavy atom. The van der Waals surface area contributed by atoms with E-state index in [1.807, 2.05) is 43.3 Å². The number of aryl methyl sites for hydroxylation is 1. The Balaban J connectivity index is 1.44. The van der Waals surface area contributed by atoms with E-state index in [4.69, 9.17) is 8.92 Å². The summed E-state index contributed by atoms with van der Waals surface area (Å²) in [5.41, 5.74) is 5.65. The van der Waals surface area contributed by atoms with Crippen LogP contribution < -0.4 is 4.74 Å². The van der Waals surface area contributed by atoms with Gasteiger partial charge in [0.05, 0.1) is 4.90 Å². The van der Waals surface area contributed by atoms with Gasteiger partial charge in [0.1, 0.15) is 24.3 Å². The normalized spacial score (nSPS) is 15.1. The molecule has 34 heavy (non-hydrogen) atoms. The lowest BCUT2D eigenvalue weighted by Crippen LogP contribution is -2.23. The third kappa shape index (κ3) is 4.60. The van der Waals surface area contributed by atoms with Crippen molar-refractivity contribution >= 4 is 10.1 Å². The number of benzene rings is 4. The average molecular weight is 475 g/mol. The first-order valence-electron chi connectivity index (χ1n) is 11.0. The van der Waals surface area contributed by atoms with Crippen LogP contribution in [0.15, 0.2) is 95.9 Å². The highest BCUT2D eigenvalue weighted by Crippen LogP contribution is 2.42. The summed E-state index contributed by atoms with van der Waals surface area (Å²) in [6.07, 6.45) is 0.0496. The second-order valence-corrected chi connectivity index (χ2v) is 10.00. The van der Waals surface area contributed by atoms with Crippen molar-refractivity contribution in [2.75, 3.05) is 6.61 Å². The summed E-state index contributed by atoms with van der Waals surface area (Å²) in [6.45, 7) is 1.79. The molecule has 1 heterocycles. The Hall–Kier alpha value is -3.48. The van der Waals surface area contributed by atoms with E-state index in [1.165, 1.54) is 24.3 Å². The molecule has 0 spiro atoms. The van der Waals surface area contributed by atoms with Gasteiger partial charge in [-0.1, -0.05) is 60.2 Å². The van der Waals surface area contributed by atoms with Gasteiger partial charge < -0.3 is 4.74 Å². The Kier molecular flexibility index (Phi) is 5.94. The van der Waals surface area contributed by atoms with E-state index in [2.05, 4.69) is 6.07 Å². The summed E-state index contributed by atoms with van der Waals surface area (Å²) in [7, 11) is -3.89.